The Kier molecular flexibility index (Phi) is 16.2. The monoisotopic (exact) mass is 154 g/mol. The minimum Gasteiger partial charge on any atom is -1.00 e. The second kappa shape index (κ2) is 8.07. The van der Waals surface area contributed by atoms with Gasteiger partial charge in [-0.15, -0.1) is 0 Å². The van der Waals surface area contributed by atoms with Gasteiger partial charge in [0.1, 0.15) is 0 Å². The Labute approximate surface area is 70.4 Å². The van der Waals surface area contributed by atoms with Crippen molar-refractivity contribution in [2.75, 3.05) is 7.11 Å². The van der Waals surface area contributed by atoms with Crippen molar-refractivity contribution in [1.29, 1.82) is 0 Å². The summed E-state index contributed by atoms with van der Waals surface area (Å²) in [7, 11) is -3.64. The number of phosphoric acid groups is 1. The Balaban J connectivity index is -0.0000000286. The molecule has 8 heavy (non-hydrogen) atoms. The van der Waals surface area contributed by atoms with E-state index in [1.165, 1.54) is 0 Å². The van der Waals surface area contributed by atoms with Crippen molar-refractivity contribution in [3.63, 3.8) is 0 Å². The summed E-state index contributed by atoms with van der Waals surface area (Å²) in [6.45, 7) is 0. The third-order valence-electron chi connectivity index (χ3n) is 0. The van der Waals surface area contributed by atoms with Crippen LogP contribution in [0.1, 0.15) is 1.43 Å². The predicted molar refractivity (Wildman–Crippen MR) is 23.5 cm³/mol. The summed E-state index contributed by atoms with van der Waals surface area (Å²) >= 11 is 0. The molecule has 0 aromatic rings. The zero-order valence-corrected chi connectivity index (χ0v) is 7.54. The van der Waals surface area contributed by atoms with Gasteiger partial charge in [-0.1, -0.05) is 0 Å². The Morgan fingerprint density at radius 3 is 1.25 bits per heavy atom. The van der Waals surface area contributed by atoms with Gasteiger partial charge < -0.3 is 21.2 Å². The van der Waals surface area contributed by atoms with E-state index < -0.39 is 7.82 Å². The molecule has 0 bridgehead atoms. The summed E-state index contributed by atoms with van der Waals surface area (Å²) in [4.78, 5) is 21.6. The van der Waals surface area contributed by atoms with Crippen molar-refractivity contribution in [2.45, 2.75) is 0 Å². The van der Waals surface area contributed by atoms with Crippen molar-refractivity contribution in [1.82, 2.24) is 0 Å². The summed E-state index contributed by atoms with van der Waals surface area (Å²) in [6, 6.07) is 0. The predicted octanol–water partition coefficient (Wildman–Crippen LogP) is -4.20. The SMILES string of the molecule is CO.O=P(O)(O)O.[H-].[Na+]. The largest absolute Gasteiger partial charge is 1.00 e. The zero-order chi connectivity index (χ0) is 6.50. The zero-order valence-electron chi connectivity index (χ0n) is 5.64. The van der Waals surface area contributed by atoms with Crippen molar-refractivity contribution >= 4 is 7.82 Å². The Morgan fingerprint density at radius 2 is 1.25 bits per heavy atom. The Hall–Kier alpha value is 1.07. The van der Waals surface area contributed by atoms with Crippen molar-refractivity contribution in [2.24, 2.45) is 0 Å². The summed E-state index contributed by atoms with van der Waals surface area (Å²) in [6.07, 6.45) is 0. The van der Waals surface area contributed by atoms with E-state index in [1.54, 1.807) is 0 Å². The molecule has 0 aliphatic rings. The van der Waals surface area contributed by atoms with Crippen LogP contribution >= 0.6 is 7.82 Å². The maximum Gasteiger partial charge on any atom is 1.00 e. The molecule has 0 saturated heterocycles. The van der Waals surface area contributed by atoms with Crippen LogP contribution < -0.4 is 29.6 Å². The first-order valence-electron chi connectivity index (χ1n) is 1.23. The quantitative estimate of drug-likeness (QED) is 0.209. The maximum atomic E-state index is 8.88. The van der Waals surface area contributed by atoms with Gasteiger partial charge in [-0.25, -0.2) is 4.57 Å². The molecule has 0 atom stereocenters. The number of rotatable bonds is 0. The second-order valence-corrected chi connectivity index (χ2v) is 1.54. The smallest absolute Gasteiger partial charge is 1.00 e. The van der Waals surface area contributed by atoms with Gasteiger partial charge in [0.25, 0.3) is 0 Å². The van der Waals surface area contributed by atoms with Crippen LogP contribution in [0.3, 0.4) is 0 Å². The second-order valence-electron chi connectivity index (χ2n) is 0.513. The summed E-state index contributed by atoms with van der Waals surface area (Å²) < 4.78 is 8.88. The third kappa shape index (κ3) is 228. The topological polar surface area (TPSA) is 98.0 Å². The number of hydrogen-bond donors (Lipinski definition) is 4. The van der Waals surface area contributed by atoms with Crippen LogP contribution in [0.4, 0.5) is 0 Å². The van der Waals surface area contributed by atoms with E-state index in [0.29, 0.717) is 0 Å². The molecule has 0 saturated carbocycles. The van der Waals surface area contributed by atoms with Crippen LogP contribution in [0.2, 0.25) is 0 Å². The van der Waals surface area contributed by atoms with E-state index in [0.717, 1.165) is 7.11 Å². The number of hydrogen-bond acceptors (Lipinski definition) is 2. The Morgan fingerprint density at radius 1 is 1.25 bits per heavy atom. The molecule has 4 N–H and O–H groups in total. The molecular formula is CH8NaO5P. The van der Waals surface area contributed by atoms with Crippen LogP contribution in [-0.2, 0) is 4.57 Å². The summed E-state index contributed by atoms with van der Waals surface area (Å²) in [5, 5.41) is 7.00. The van der Waals surface area contributed by atoms with E-state index in [-0.39, 0.29) is 31.0 Å². The molecule has 7 heteroatoms. The van der Waals surface area contributed by atoms with Gasteiger partial charge in [-0.05, 0) is 0 Å². The van der Waals surface area contributed by atoms with Gasteiger partial charge in [0.2, 0.25) is 0 Å². The van der Waals surface area contributed by atoms with Crippen molar-refractivity contribution in [3.05, 3.63) is 0 Å². The fourth-order valence-electron chi connectivity index (χ4n) is 0. The van der Waals surface area contributed by atoms with Gasteiger partial charge in [-0.2, -0.15) is 0 Å². The summed E-state index contributed by atoms with van der Waals surface area (Å²) in [5.41, 5.74) is 0. The first-order valence-corrected chi connectivity index (χ1v) is 2.79. The molecular weight excluding hydrogens is 146 g/mol. The first kappa shape index (κ1) is 16.0. The Bertz CT molecular complexity index is 63.1. The summed E-state index contributed by atoms with van der Waals surface area (Å²) in [5.74, 6) is 0. The third-order valence-corrected chi connectivity index (χ3v) is 0. The van der Waals surface area contributed by atoms with Crippen LogP contribution in [-0.4, -0.2) is 26.9 Å². The minimum atomic E-state index is -4.64. The molecule has 0 aromatic carbocycles. The average Bonchev–Trinajstić information content (AvgIpc) is 1.36. The molecule has 0 aromatic heterocycles. The molecule has 0 unspecified atom stereocenters. The minimum absolute atomic E-state index is 0. The fraction of sp³-hybridized carbons (Fsp3) is 1.00. The van der Waals surface area contributed by atoms with E-state index in [1.807, 2.05) is 0 Å². The van der Waals surface area contributed by atoms with Crippen molar-refractivity contribution in [3.8, 4) is 0 Å². The molecule has 0 amide bonds. The molecule has 5 nitrogen and oxygen atoms in total. The fourth-order valence-corrected chi connectivity index (χ4v) is 0. The molecule has 0 aliphatic carbocycles. The molecule has 0 radical (unpaired) electrons. The molecule has 0 fully saturated rings. The maximum absolute atomic E-state index is 8.88. The van der Waals surface area contributed by atoms with E-state index in [2.05, 4.69) is 0 Å². The van der Waals surface area contributed by atoms with Crippen LogP contribution in [0.5, 0.6) is 0 Å². The average molecular weight is 154 g/mol. The molecule has 0 aliphatic heterocycles. The van der Waals surface area contributed by atoms with Gasteiger partial charge in [0.05, 0.1) is 0 Å². The van der Waals surface area contributed by atoms with E-state index >= 15 is 0 Å². The van der Waals surface area contributed by atoms with Gasteiger partial charge in [-0.3, -0.25) is 0 Å². The molecule has 48 valence electrons. The van der Waals surface area contributed by atoms with Crippen LogP contribution in [0, 0.1) is 0 Å². The first-order chi connectivity index (χ1) is 3.00. The van der Waals surface area contributed by atoms with Gasteiger partial charge in [0, 0.05) is 7.11 Å². The van der Waals surface area contributed by atoms with Crippen LogP contribution in [0.25, 0.3) is 0 Å². The number of aliphatic hydroxyl groups excluding tert-OH is 1. The molecule has 0 spiro atoms. The van der Waals surface area contributed by atoms with Gasteiger partial charge in [0.15, 0.2) is 0 Å². The van der Waals surface area contributed by atoms with E-state index in [9.17, 15) is 0 Å². The van der Waals surface area contributed by atoms with Gasteiger partial charge >= 0.3 is 37.4 Å². The molecule has 0 rings (SSSR count). The van der Waals surface area contributed by atoms with E-state index in [4.69, 9.17) is 24.4 Å². The van der Waals surface area contributed by atoms with Crippen molar-refractivity contribution < 1.29 is 55.3 Å². The molecule has 0 heterocycles. The number of aliphatic hydroxyl groups is 1. The van der Waals surface area contributed by atoms with Crippen LogP contribution in [0.15, 0.2) is 0 Å². The standard InChI is InChI=1S/CH4O.Na.H3O4P.H/c1-2;;1-5(2,3)4;/h2H,1H3;;(H3,1,2,3,4);/q;+1;;-1. The normalized spacial score (nSPS) is 8.12.